The predicted octanol–water partition coefficient (Wildman–Crippen LogP) is 1.78. The minimum Gasteiger partial charge on any atom is -0.393 e. The van der Waals surface area contributed by atoms with E-state index >= 15 is 0 Å². The first-order chi connectivity index (χ1) is 6.61. The van der Waals surface area contributed by atoms with Crippen LogP contribution in [0.1, 0.15) is 24.0 Å². The fourth-order valence-corrected chi connectivity index (χ4v) is 1.93. The number of hydrogen-bond acceptors (Lipinski definition) is 4. The molecule has 14 heavy (non-hydrogen) atoms. The van der Waals surface area contributed by atoms with Crippen LogP contribution in [-0.2, 0) is 11.2 Å². The summed E-state index contributed by atoms with van der Waals surface area (Å²) in [5, 5.41) is 12.7. The van der Waals surface area contributed by atoms with Gasteiger partial charge in [0.1, 0.15) is 0 Å². The van der Waals surface area contributed by atoms with Gasteiger partial charge in [-0.25, -0.2) is 4.98 Å². The molecular weight excluding hydrogens is 198 g/mol. The van der Waals surface area contributed by atoms with Gasteiger partial charge < -0.3 is 9.84 Å². The largest absolute Gasteiger partial charge is 0.393 e. The van der Waals surface area contributed by atoms with Gasteiger partial charge in [-0.15, -0.1) is 11.3 Å². The molecule has 1 rings (SSSR count). The second kappa shape index (κ2) is 5.44. The highest BCUT2D eigenvalue weighted by molar-refractivity contribution is 7.09. The van der Waals surface area contributed by atoms with E-state index in [1.54, 1.807) is 18.4 Å². The number of aliphatic hydroxyl groups is 1. The van der Waals surface area contributed by atoms with Gasteiger partial charge >= 0.3 is 0 Å². The van der Waals surface area contributed by atoms with Crippen LogP contribution in [0.25, 0.3) is 0 Å². The topological polar surface area (TPSA) is 42.4 Å². The van der Waals surface area contributed by atoms with Gasteiger partial charge in [0.25, 0.3) is 0 Å². The van der Waals surface area contributed by atoms with E-state index in [0.29, 0.717) is 12.8 Å². The van der Waals surface area contributed by atoms with Crippen molar-refractivity contribution in [3.63, 3.8) is 0 Å². The van der Waals surface area contributed by atoms with Crippen molar-refractivity contribution in [1.29, 1.82) is 0 Å². The van der Waals surface area contributed by atoms with E-state index in [1.165, 1.54) is 0 Å². The Morgan fingerprint density at radius 2 is 2.36 bits per heavy atom. The Bertz CT molecular complexity index is 275. The first kappa shape index (κ1) is 11.6. The van der Waals surface area contributed by atoms with Crippen LogP contribution in [0.15, 0.2) is 5.38 Å². The Labute approximate surface area is 88.8 Å². The third-order valence-electron chi connectivity index (χ3n) is 2.12. The maximum Gasteiger partial charge on any atom is 0.0897 e. The highest BCUT2D eigenvalue weighted by atomic mass is 32.1. The molecule has 0 spiro atoms. The zero-order valence-corrected chi connectivity index (χ0v) is 9.67. The molecule has 0 aliphatic carbocycles. The van der Waals surface area contributed by atoms with Crippen LogP contribution in [0.3, 0.4) is 0 Å². The summed E-state index contributed by atoms with van der Waals surface area (Å²) < 4.78 is 5.09. The molecule has 0 bridgehead atoms. The monoisotopic (exact) mass is 215 g/mol. The zero-order chi connectivity index (χ0) is 10.6. The van der Waals surface area contributed by atoms with Crippen LogP contribution in [0.5, 0.6) is 0 Å². The third-order valence-corrected chi connectivity index (χ3v) is 2.94. The summed E-state index contributed by atoms with van der Waals surface area (Å²) in [6, 6.07) is 0. The van der Waals surface area contributed by atoms with E-state index in [4.69, 9.17) is 4.74 Å². The van der Waals surface area contributed by atoms with Crippen LogP contribution in [0, 0.1) is 6.92 Å². The van der Waals surface area contributed by atoms with Crippen molar-refractivity contribution in [3.8, 4) is 0 Å². The molecule has 0 aliphatic rings. The van der Waals surface area contributed by atoms with Gasteiger partial charge in [-0.2, -0.15) is 0 Å². The van der Waals surface area contributed by atoms with Gasteiger partial charge in [0.15, 0.2) is 0 Å². The fraction of sp³-hybridized carbons (Fsp3) is 0.700. The van der Waals surface area contributed by atoms with E-state index in [0.717, 1.165) is 10.7 Å². The molecule has 1 aromatic heterocycles. The van der Waals surface area contributed by atoms with Gasteiger partial charge in [-0.05, 0) is 20.3 Å². The number of thiazole rings is 1. The van der Waals surface area contributed by atoms with Gasteiger partial charge in [0, 0.05) is 18.9 Å². The molecule has 0 saturated heterocycles. The summed E-state index contributed by atoms with van der Waals surface area (Å²) in [6.45, 7) is 3.92. The average molecular weight is 215 g/mol. The van der Waals surface area contributed by atoms with Crippen molar-refractivity contribution < 1.29 is 9.84 Å². The molecule has 0 saturated carbocycles. The lowest BCUT2D eigenvalue weighted by Gasteiger charge is -2.13. The summed E-state index contributed by atoms with van der Waals surface area (Å²) in [4.78, 5) is 4.30. The predicted molar refractivity (Wildman–Crippen MR) is 57.6 cm³/mol. The van der Waals surface area contributed by atoms with Crippen LogP contribution >= 0.6 is 11.3 Å². The maximum atomic E-state index is 9.70. The second-order valence-corrected chi connectivity index (χ2v) is 4.56. The SMILES string of the molecule is COC(C)CC(O)Cc1csc(C)n1. The van der Waals surface area contributed by atoms with Gasteiger partial charge in [-0.3, -0.25) is 0 Å². The van der Waals surface area contributed by atoms with Crippen molar-refractivity contribution in [2.75, 3.05) is 7.11 Å². The second-order valence-electron chi connectivity index (χ2n) is 3.50. The smallest absolute Gasteiger partial charge is 0.0897 e. The summed E-state index contributed by atoms with van der Waals surface area (Å²) in [5.74, 6) is 0. The van der Waals surface area contributed by atoms with E-state index in [9.17, 15) is 5.11 Å². The fourth-order valence-electron chi connectivity index (χ4n) is 1.31. The van der Waals surface area contributed by atoms with Crippen molar-refractivity contribution >= 4 is 11.3 Å². The molecule has 0 aliphatic heterocycles. The van der Waals surface area contributed by atoms with E-state index < -0.39 is 0 Å². The molecule has 0 aromatic carbocycles. The molecule has 1 N–H and O–H groups in total. The first-order valence-corrected chi connectivity index (χ1v) is 5.61. The molecule has 0 radical (unpaired) electrons. The molecule has 1 aromatic rings. The maximum absolute atomic E-state index is 9.70. The molecule has 2 unspecified atom stereocenters. The molecule has 3 nitrogen and oxygen atoms in total. The molecule has 0 amide bonds. The molecule has 1 heterocycles. The summed E-state index contributed by atoms with van der Waals surface area (Å²) >= 11 is 1.62. The first-order valence-electron chi connectivity index (χ1n) is 4.73. The lowest BCUT2D eigenvalue weighted by Crippen LogP contribution is -2.19. The number of hydrogen-bond donors (Lipinski definition) is 1. The Morgan fingerprint density at radius 1 is 1.64 bits per heavy atom. The summed E-state index contributed by atoms with van der Waals surface area (Å²) in [7, 11) is 1.66. The minimum atomic E-state index is -0.355. The number of nitrogens with zero attached hydrogens (tertiary/aromatic N) is 1. The average Bonchev–Trinajstić information content (AvgIpc) is 2.50. The Kier molecular flexibility index (Phi) is 4.51. The van der Waals surface area contributed by atoms with Crippen LogP contribution in [-0.4, -0.2) is 29.4 Å². The molecular formula is C10H17NO2S. The Balaban J connectivity index is 2.37. The Morgan fingerprint density at radius 3 is 2.86 bits per heavy atom. The number of rotatable bonds is 5. The van der Waals surface area contributed by atoms with Crippen molar-refractivity contribution in [1.82, 2.24) is 4.98 Å². The standard InChI is InChI=1S/C10H17NO2S/c1-7(13-3)4-10(12)5-9-6-14-8(2)11-9/h6-7,10,12H,4-5H2,1-3H3. The van der Waals surface area contributed by atoms with Gasteiger partial charge in [0.05, 0.1) is 22.9 Å². The molecule has 0 fully saturated rings. The summed E-state index contributed by atoms with van der Waals surface area (Å²) in [6.07, 6.45) is 1.03. The van der Waals surface area contributed by atoms with E-state index in [-0.39, 0.29) is 12.2 Å². The van der Waals surface area contributed by atoms with E-state index in [1.807, 2.05) is 19.2 Å². The molecule has 80 valence electrons. The lowest BCUT2D eigenvalue weighted by molar-refractivity contribution is 0.0562. The van der Waals surface area contributed by atoms with Crippen molar-refractivity contribution in [2.24, 2.45) is 0 Å². The third kappa shape index (κ3) is 3.74. The normalized spacial score (nSPS) is 15.4. The number of ether oxygens (including phenoxy) is 1. The van der Waals surface area contributed by atoms with Crippen molar-refractivity contribution in [3.05, 3.63) is 16.1 Å². The van der Waals surface area contributed by atoms with Crippen molar-refractivity contribution in [2.45, 2.75) is 38.9 Å². The molecule has 4 heteroatoms. The zero-order valence-electron chi connectivity index (χ0n) is 8.86. The highest BCUT2D eigenvalue weighted by Gasteiger charge is 2.11. The van der Waals surface area contributed by atoms with Crippen LogP contribution in [0.4, 0.5) is 0 Å². The number of aryl methyl sites for hydroxylation is 1. The minimum absolute atomic E-state index is 0.102. The van der Waals surface area contributed by atoms with Crippen LogP contribution in [0.2, 0.25) is 0 Å². The van der Waals surface area contributed by atoms with Gasteiger partial charge in [-0.1, -0.05) is 0 Å². The number of methoxy groups -OCH3 is 1. The number of aromatic nitrogens is 1. The van der Waals surface area contributed by atoms with E-state index in [2.05, 4.69) is 4.98 Å². The number of aliphatic hydroxyl groups excluding tert-OH is 1. The highest BCUT2D eigenvalue weighted by Crippen LogP contribution is 2.12. The lowest BCUT2D eigenvalue weighted by atomic mass is 10.1. The quantitative estimate of drug-likeness (QED) is 0.814. The summed E-state index contributed by atoms with van der Waals surface area (Å²) in [5.41, 5.74) is 0.975. The van der Waals surface area contributed by atoms with Gasteiger partial charge in [0.2, 0.25) is 0 Å². The van der Waals surface area contributed by atoms with Crippen LogP contribution < -0.4 is 0 Å². The molecule has 2 atom stereocenters. The Hall–Kier alpha value is -0.450.